The molecule has 0 bridgehead atoms. The van der Waals surface area contributed by atoms with E-state index in [4.69, 9.17) is 16.3 Å². The molecule has 1 heterocycles. The highest BCUT2D eigenvalue weighted by Gasteiger charge is 2.32. The Hall–Kier alpha value is -2.61. The minimum atomic E-state index is -0.294. The molecule has 3 aromatic carbocycles. The van der Waals surface area contributed by atoms with E-state index in [1.54, 1.807) is 23.1 Å². The summed E-state index contributed by atoms with van der Waals surface area (Å²) in [7, 11) is 0. The molecule has 0 atom stereocenters. The molecule has 34 heavy (non-hydrogen) atoms. The molecule has 1 amide bonds. The van der Waals surface area contributed by atoms with Crippen LogP contribution in [0.4, 0.5) is 10.1 Å². The average molecular weight is 560 g/mol. The smallest absolute Gasteiger partial charge is 0.266 e. The number of amidine groups is 1. The van der Waals surface area contributed by atoms with Gasteiger partial charge in [-0.3, -0.25) is 9.69 Å². The van der Waals surface area contributed by atoms with Crippen LogP contribution >= 0.6 is 39.3 Å². The molecule has 1 fully saturated rings. The minimum Gasteiger partial charge on any atom is -0.488 e. The molecule has 174 valence electrons. The lowest BCUT2D eigenvalue weighted by Gasteiger charge is -2.13. The number of benzene rings is 3. The van der Waals surface area contributed by atoms with E-state index >= 15 is 0 Å². The number of carbonyl (C=O) groups excluding carboxylic acids is 1. The van der Waals surface area contributed by atoms with Gasteiger partial charge in [-0.1, -0.05) is 36.7 Å². The number of rotatable bonds is 7. The Labute approximate surface area is 215 Å². The van der Waals surface area contributed by atoms with Crippen molar-refractivity contribution in [2.45, 2.75) is 20.0 Å². The molecule has 0 N–H and O–H groups in total. The highest BCUT2D eigenvalue weighted by molar-refractivity contribution is 9.10. The second-order valence-corrected chi connectivity index (χ2v) is 9.85. The summed E-state index contributed by atoms with van der Waals surface area (Å²) in [4.78, 5) is 20.0. The molecule has 4 rings (SSSR count). The van der Waals surface area contributed by atoms with E-state index in [2.05, 4.69) is 20.9 Å². The highest BCUT2D eigenvalue weighted by Crippen LogP contribution is 2.35. The summed E-state index contributed by atoms with van der Waals surface area (Å²) in [6.07, 6.45) is 2.67. The second-order valence-electron chi connectivity index (χ2n) is 7.55. The lowest BCUT2D eigenvalue weighted by atomic mass is 10.2. The zero-order valence-electron chi connectivity index (χ0n) is 18.3. The zero-order chi connectivity index (χ0) is 24.1. The Morgan fingerprint density at radius 1 is 1.15 bits per heavy atom. The van der Waals surface area contributed by atoms with E-state index in [9.17, 15) is 9.18 Å². The van der Waals surface area contributed by atoms with Crippen molar-refractivity contribution in [3.05, 3.63) is 98.1 Å². The molecule has 1 saturated heterocycles. The van der Waals surface area contributed by atoms with Gasteiger partial charge in [0, 0.05) is 11.6 Å². The molecule has 0 aliphatic carbocycles. The van der Waals surface area contributed by atoms with Crippen LogP contribution in [0.5, 0.6) is 5.75 Å². The van der Waals surface area contributed by atoms with E-state index in [0.717, 1.165) is 27.7 Å². The maximum absolute atomic E-state index is 13.4. The Morgan fingerprint density at radius 3 is 2.65 bits per heavy atom. The van der Waals surface area contributed by atoms with Crippen molar-refractivity contribution >= 4 is 62.1 Å². The van der Waals surface area contributed by atoms with E-state index in [-0.39, 0.29) is 18.3 Å². The molecule has 8 heteroatoms. The first-order valence-corrected chi connectivity index (χ1v) is 12.6. The number of hydrogen-bond acceptors (Lipinski definition) is 4. The van der Waals surface area contributed by atoms with E-state index in [1.807, 2.05) is 49.4 Å². The number of thioether (sulfide) groups is 1. The summed E-state index contributed by atoms with van der Waals surface area (Å²) >= 11 is 10.9. The monoisotopic (exact) mass is 558 g/mol. The molecule has 0 spiro atoms. The predicted octanol–water partition coefficient (Wildman–Crippen LogP) is 7.83. The fourth-order valence-corrected chi connectivity index (χ4v) is 4.96. The molecule has 3 aromatic rings. The van der Waals surface area contributed by atoms with Gasteiger partial charge in [-0.05, 0) is 99.8 Å². The third-order valence-electron chi connectivity index (χ3n) is 4.92. The van der Waals surface area contributed by atoms with E-state index in [1.165, 1.54) is 23.9 Å². The SMILES string of the molecule is CCCN1C(=O)/C(=C/c2ccc(OCc3cccc(F)c3)c(Br)c2)SC1=Nc1ccc(Cl)cc1. The van der Waals surface area contributed by atoms with Crippen molar-refractivity contribution < 1.29 is 13.9 Å². The van der Waals surface area contributed by atoms with Gasteiger partial charge in [-0.15, -0.1) is 0 Å². The third-order valence-corrected chi connectivity index (χ3v) is 6.80. The van der Waals surface area contributed by atoms with E-state index < -0.39 is 0 Å². The number of carbonyl (C=O) groups is 1. The standard InChI is InChI=1S/C26H21BrClFN2O2S/c1-2-12-31-25(32)24(34-26(31)30-21-9-7-19(28)8-10-21)15-17-6-11-23(22(27)14-17)33-16-18-4-3-5-20(29)13-18/h3-11,13-15H,2,12,16H2,1H3/b24-15-,30-26?. The zero-order valence-corrected chi connectivity index (χ0v) is 21.5. The molecule has 1 aliphatic heterocycles. The van der Waals surface area contributed by atoms with Crippen LogP contribution in [0.3, 0.4) is 0 Å². The van der Waals surface area contributed by atoms with Crippen LogP contribution < -0.4 is 4.74 Å². The molecule has 1 aliphatic rings. The number of ether oxygens (including phenoxy) is 1. The van der Waals surface area contributed by atoms with Crippen molar-refractivity contribution in [2.24, 2.45) is 4.99 Å². The number of amides is 1. The number of nitrogens with zero attached hydrogens (tertiary/aromatic N) is 2. The Balaban J connectivity index is 1.52. The van der Waals surface area contributed by atoms with Gasteiger partial charge >= 0.3 is 0 Å². The van der Waals surface area contributed by atoms with Crippen LogP contribution in [-0.4, -0.2) is 22.5 Å². The third kappa shape index (κ3) is 6.09. The number of aliphatic imine (C=N–C) groups is 1. The summed E-state index contributed by atoms with van der Waals surface area (Å²) in [6, 6.07) is 19.1. The maximum Gasteiger partial charge on any atom is 0.266 e. The van der Waals surface area contributed by atoms with Gasteiger partial charge < -0.3 is 4.74 Å². The van der Waals surface area contributed by atoms with Gasteiger partial charge in [0.2, 0.25) is 0 Å². The Bertz CT molecular complexity index is 1260. The summed E-state index contributed by atoms with van der Waals surface area (Å²) in [5, 5.41) is 1.29. The summed E-state index contributed by atoms with van der Waals surface area (Å²) < 4.78 is 19.9. The molecule has 0 radical (unpaired) electrons. The number of halogens is 3. The second kappa shape index (κ2) is 11.2. The van der Waals surface area contributed by atoms with Crippen LogP contribution in [-0.2, 0) is 11.4 Å². The van der Waals surface area contributed by atoms with Crippen LogP contribution in [0.15, 0.2) is 81.1 Å². The van der Waals surface area contributed by atoms with Crippen molar-refractivity contribution in [3.8, 4) is 5.75 Å². The molecule has 0 saturated carbocycles. The van der Waals surface area contributed by atoms with Gasteiger partial charge in [-0.25, -0.2) is 9.38 Å². The minimum absolute atomic E-state index is 0.0675. The maximum atomic E-state index is 13.4. The van der Waals surface area contributed by atoms with Crippen molar-refractivity contribution in [1.29, 1.82) is 0 Å². The summed E-state index contributed by atoms with van der Waals surface area (Å²) in [6.45, 7) is 2.87. The van der Waals surface area contributed by atoms with Crippen molar-refractivity contribution in [1.82, 2.24) is 4.90 Å². The topological polar surface area (TPSA) is 41.9 Å². The molecular weight excluding hydrogens is 539 g/mol. The molecular formula is C26H21BrClFN2O2S. The van der Waals surface area contributed by atoms with Gasteiger partial charge in [0.15, 0.2) is 5.17 Å². The fraction of sp³-hybridized carbons (Fsp3) is 0.154. The normalized spacial score (nSPS) is 16.0. The number of hydrogen-bond donors (Lipinski definition) is 0. The predicted molar refractivity (Wildman–Crippen MR) is 141 cm³/mol. The van der Waals surface area contributed by atoms with Crippen molar-refractivity contribution in [2.75, 3.05) is 6.54 Å². The van der Waals surface area contributed by atoms with Gasteiger partial charge in [0.1, 0.15) is 18.2 Å². The largest absolute Gasteiger partial charge is 0.488 e. The fourth-order valence-electron chi connectivity index (χ4n) is 3.30. The first kappa shape index (κ1) is 24.5. The van der Waals surface area contributed by atoms with E-state index in [0.29, 0.717) is 27.4 Å². The first-order valence-electron chi connectivity index (χ1n) is 10.7. The van der Waals surface area contributed by atoms with Gasteiger partial charge in [0.05, 0.1) is 15.1 Å². The van der Waals surface area contributed by atoms with Crippen LogP contribution in [0.25, 0.3) is 6.08 Å². The molecule has 4 nitrogen and oxygen atoms in total. The van der Waals surface area contributed by atoms with Crippen LogP contribution in [0.2, 0.25) is 5.02 Å². The Kier molecular flexibility index (Phi) is 8.08. The average Bonchev–Trinajstić information content (AvgIpc) is 3.09. The van der Waals surface area contributed by atoms with Crippen LogP contribution in [0, 0.1) is 5.82 Å². The first-order chi connectivity index (χ1) is 16.4. The lowest BCUT2D eigenvalue weighted by Crippen LogP contribution is -2.29. The highest BCUT2D eigenvalue weighted by atomic mass is 79.9. The lowest BCUT2D eigenvalue weighted by molar-refractivity contribution is -0.122. The van der Waals surface area contributed by atoms with Crippen LogP contribution in [0.1, 0.15) is 24.5 Å². The summed E-state index contributed by atoms with van der Waals surface area (Å²) in [5.74, 6) is 0.272. The van der Waals surface area contributed by atoms with Gasteiger partial charge in [-0.2, -0.15) is 0 Å². The van der Waals surface area contributed by atoms with Crippen molar-refractivity contribution in [3.63, 3.8) is 0 Å². The Morgan fingerprint density at radius 2 is 1.94 bits per heavy atom. The quantitative estimate of drug-likeness (QED) is 0.277. The van der Waals surface area contributed by atoms with Gasteiger partial charge in [0.25, 0.3) is 5.91 Å². The molecule has 0 unspecified atom stereocenters. The molecule has 0 aromatic heterocycles. The summed E-state index contributed by atoms with van der Waals surface area (Å²) in [5.41, 5.74) is 2.34.